The number of hydrogen-bond acceptors (Lipinski definition) is 5. The second kappa shape index (κ2) is 10.1. The molecular weight excluding hydrogens is 522 g/mol. The van der Waals surface area contributed by atoms with Crippen LogP contribution in [0.3, 0.4) is 0 Å². The highest BCUT2D eigenvalue weighted by Gasteiger charge is 2.48. The number of benzene rings is 2. The molecule has 3 heterocycles. The number of piperidine rings is 1. The number of rotatable bonds is 6. The van der Waals surface area contributed by atoms with E-state index in [1.165, 1.54) is 23.5 Å². The standard InChI is InChI=1S/C27H19ClF2N2O2S2/c28-21-5-1-2-6-23(21)36-25-22(33)14-27(32-26(25)34,17-8-9-35-15-17)24-7-3-4-20(31-24)12-16-10-18(29)13-19(30)11-16/h1-11,13,15,25H,12,14H2,(H,32,34). The molecule has 0 radical (unpaired) electrons. The molecule has 1 fully saturated rings. The van der Waals surface area contributed by atoms with Crippen LogP contribution in [0.5, 0.6) is 0 Å². The third-order valence-corrected chi connectivity index (χ3v) is 8.40. The van der Waals surface area contributed by atoms with Crippen molar-refractivity contribution in [2.24, 2.45) is 0 Å². The normalized spacial score (nSPS) is 19.8. The molecule has 1 saturated heterocycles. The molecule has 0 saturated carbocycles. The molecule has 1 aliphatic rings. The van der Waals surface area contributed by atoms with Gasteiger partial charge in [0.1, 0.15) is 22.4 Å². The average Bonchev–Trinajstić information content (AvgIpc) is 3.38. The lowest BCUT2D eigenvalue weighted by molar-refractivity contribution is -0.133. The molecule has 1 amide bonds. The Labute approximate surface area is 219 Å². The van der Waals surface area contributed by atoms with Gasteiger partial charge in [-0.15, -0.1) is 11.8 Å². The van der Waals surface area contributed by atoms with Crippen LogP contribution < -0.4 is 5.32 Å². The van der Waals surface area contributed by atoms with Crippen molar-refractivity contribution in [3.8, 4) is 0 Å². The number of halogens is 3. The number of carbonyl (C=O) groups excluding carboxylic acids is 2. The monoisotopic (exact) mass is 540 g/mol. The molecule has 9 heteroatoms. The van der Waals surface area contributed by atoms with Crippen LogP contribution in [0.1, 0.15) is 28.9 Å². The van der Waals surface area contributed by atoms with Crippen molar-refractivity contribution in [1.29, 1.82) is 0 Å². The Morgan fingerprint density at radius 3 is 2.53 bits per heavy atom. The first-order chi connectivity index (χ1) is 17.3. The smallest absolute Gasteiger partial charge is 0.242 e. The Morgan fingerprint density at radius 2 is 1.83 bits per heavy atom. The number of pyridine rings is 1. The number of nitrogens with one attached hydrogen (secondary N) is 1. The molecule has 0 spiro atoms. The van der Waals surface area contributed by atoms with Crippen molar-refractivity contribution < 1.29 is 18.4 Å². The van der Waals surface area contributed by atoms with Crippen LogP contribution in [0, 0.1) is 11.6 Å². The summed E-state index contributed by atoms with van der Waals surface area (Å²) in [5, 5.41) is 6.36. The van der Waals surface area contributed by atoms with E-state index in [0.29, 0.717) is 26.9 Å². The lowest BCUT2D eigenvalue weighted by Gasteiger charge is -2.39. The Bertz CT molecular complexity index is 1410. The SMILES string of the molecule is O=C1CC(c2ccsc2)(c2cccc(Cc3cc(F)cc(F)c3)n2)NC(=O)C1Sc1ccccc1Cl. The predicted octanol–water partition coefficient (Wildman–Crippen LogP) is 6.16. The van der Waals surface area contributed by atoms with Gasteiger partial charge in [0.2, 0.25) is 5.91 Å². The summed E-state index contributed by atoms with van der Waals surface area (Å²) >= 11 is 8.83. The zero-order chi connectivity index (χ0) is 25.3. The highest BCUT2D eigenvalue weighted by molar-refractivity contribution is 8.01. The van der Waals surface area contributed by atoms with Gasteiger partial charge in [-0.3, -0.25) is 14.6 Å². The minimum Gasteiger partial charge on any atom is -0.339 e. The van der Waals surface area contributed by atoms with E-state index in [0.717, 1.165) is 23.4 Å². The maximum Gasteiger partial charge on any atom is 0.242 e. The van der Waals surface area contributed by atoms with Gasteiger partial charge in [0.25, 0.3) is 0 Å². The van der Waals surface area contributed by atoms with E-state index in [4.69, 9.17) is 16.6 Å². The molecule has 2 unspecified atom stereocenters. The largest absolute Gasteiger partial charge is 0.339 e. The lowest BCUT2D eigenvalue weighted by Crippen LogP contribution is -2.58. The average molecular weight is 541 g/mol. The van der Waals surface area contributed by atoms with Crippen LogP contribution in [0.2, 0.25) is 5.02 Å². The van der Waals surface area contributed by atoms with Crippen molar-refractivity contribution in [2.75, 3.05) is 0 Å². The molecule has 2 aromatic heterocycles. The van der Waals surface area contributed by atoms with Gasteiger partial charge in [0.05, 0.1) is 10.7 Å². The molecule has 0 bridgehead atoms. The maximum atomic E-state index is 13.7. The van der Waals surface area contributed by atoms with E-state index in [1.54, 1.807) is 42.5 Å². The van der Waals surface area contributed by atoms with E-state index in [-0.39, 0.29) is 18.6 Å². The van der Waals surface area contributed by atoms with Gasteiger partial charge < -0.3 is 5.32 Å². The maximum absolute atomic E-state index is 13.7. The van der Waals surface area contributed by atoms with Crippen LogP contribution in [0.15, 0.2) is 82.4 Å². The summed E-state index contributed by atoms with van der Waals surface area (Å²) in [7, 11) is 0. The van der Waals surface area contributed by atoms with Gasteiger partial charge >= 0.3 is 0 Å². The zero-order valence-corrected chi connectivity index (χ0v) is 21.1. The molecule has 5 rings (SSSR count). The van der Waals surface area contributed by atoms with Gasteiger partial charge in [-0.25, -0.2) is 8.78 Å². The van der Waals surface area contributed by atoms with Crippen molar-refractivity contribution in [3.63, 3.8) is 0 Å². The minimum absolute atomic E-state index is 0.00262. The second-order valence-electron chi connectivity index (χ2n) is 8.45. The van der Waals surface area contributed by atoms with E-state index in [2.05, 4.69) is 5.32 Å². The van der Waals surface area contributed by atoms with Crippen LogP contribution >= 0.6 is 34.7 Å². The minimum atomic E-state index is -1.16. The fourth-order valence-electron chi connectivity index (χ4n) is 4.33. The Kier molecular flexibility index (Phi) is 6.92. The Morgan fingerprint density at radius 1 is 1.06 bits per heavy atom. The summed E-state index contributed by atoms with van der Waals surface area (Å²) in [4.78, 5) is 32.2. The molecule has 2 aromatic carbocycles. The van der Waals surface area contributed by atoms with Gasteiger partial charge in [0.15, 0.2) is 5.78 Å². The van der Waals surface area contributed by atoms with Crippen LogP contribution in [0.25, 0.3) is 0 Å². The number of nitrogens with zero attached hydrogens (tertiary/aromatic N) is 1. The molecule has 182 valence electrons. The third-order valence-electron chi connectivity index (χ3n) is 5.95. The summed E-state index contributed by atoms with van der Waals surface area (Å²) in [5.41, 5.74) is 1.06. The first kappa shape index (κ1) is 24.6. The van der Waals surface area contributed by atoms with Crippen molar-refractivity contribution >= 4 is 46.4 Å². The number of hydrogen-bond donors (Lipinski definition) is 1. The third kappa shape index (κ3) is 4.93. The topological polar surface area (TPSA) is 59.1 Å². The van der Waals surface area contributed by atoms with Crippen molar-refractivity contribution in [1.82, 2.24) is 10.3 Å². The highest BCUT2D eigenvalue weighted by Crippen LogP contribution is 2.41. The second-order valence-corrected chi connectivity index (χ2v) is 10.8. The molecular formula is C27H19ClF2N2O2S2. The number of ketones is 1. The number of thioether (sulfide) groups is 1. The summed E-state index contributed by atoms with van der Waals surface area (Å²) in [6.45, 7) is 0. The molecule has 0 aliphatic carbocycles. The molecule has 4 nitrogen and oxygen atoms in total. The number of amides is 1. The number of thiophene rings is 1. The summed E-state index contributed by atoms with van der Waals surface area (Å²) < 4.78 is 27.4. The molecule has 36 heavy (non-hydrogen) atoms. The highest BCUT2D eigenvalue weighted by atomic mass is 35.5. The number of aromatic nitrogens is 1. The summed E-state index contributed by atoms with van der Waals surface area (Å²) in [6.07, 6.45) is 0.192. The van der Waals surface area contributed by atoms with Crippen LogP contribution in [-0.2, 0) is 21.5 Å². The fraction of sp³-hybridized carbons (Fsp3) is 0.148. The molecule has 4 aromatic rings. The predicted molar refractivity (Wildman–Crippen MR) is 137 cm³/mol. The zero-order valence-electron chi connectivity index (χ0n) is 18.7. The molecule has 1 N–H and O–H groups in total. The van der Waals surface area contributed by atoms with Crippen molar-refractivity contribution in [2.45, 2.75) is 28.5 Å². The Balaban J connectivity index is 1.49. The lowest BCUT2D eigenvalue weighted by atomic mass is 9.79. The van der Waals surface area contributed by atoms with E-state index in [9.17, 15) is 18.4 Å². The van der Waals surface area contributed by atoms with Gasteiger partial charge in [-0.1, -0.05) is 29.8 Å². The number of Topliss-reactive ketones (excluding diaryl/α,β-unsaturated/α-hetero) is 1. The van der Waals surface area contributed by atoms with E-state index in [1.807, 2.05) is 16.8 Å². The molecule has 2 atom stereocenters. The summed E-state index contributed by atoms with van der Waals surface area (Å²) in [6, 6.07) is 17.5. The number of carbonyl (C=O) groups is 2. The van der Waals surface area contributed by atoms with Crippen molar-refractivity contribution in [3.05, 3.63) is 117 Å². The van der Waals surface area contributed by atoms with Crippen LogP contribution in [-0.4, -0.2) is 21.9 Å². The fourth-order valence-corrected chi connectivity index (χ4v) is 6.30. The van der Waals surface area contributed by atoms with Gasteiger partial charge in [-0.2, -0.15) is 11.3 Å². The van der Waals surface area contributed by atoms with Gasteiger partial charge in [0, 0.05) is 29.5 Å². The molecule has 1 aliphatic heterocycles. The van der Waals surface area contributed by atoms with Gasteiger partial charge in [-0.05, 0) is 64.4 Å². The van der Waals surface area contributed by atoms with E-state index >= 15 is 0 Å². The summed E-state index contributed by atoms with van der Waals surface area (Å²) in [5.74, 6) is -2.00. The Hall–Kier alpha value is -3.07. The first-order valence-corrected chi connectivity index (χ1v) is 13.2. The van der Waals surface area contributed by atoms with Crippen LogP contribution in [0.4, 0.5) is 8.78 Å². The quantitative estimate of drug-likeness (QED) is 0.298. The van der Waals surface area contributed by atoms with E-state index < -0.39 is 28.3 Å². The first-order valence-electron chi connectivity index (χ1n) is 11.0.